The zero-order valence-corrected chi connectivity index (χ0v) is 30.7. The minimum atomic E-state index is 1.10. The van der Waals surface area contributed by atoms with Crippen molar-refractivity contribution >= 4 is 69.2 Å². The molecular formula is C52H42N2. The van der Waals surface area contributed by atoms with Crippen molar-refractivity contribution < 1.29 is 0 Å². The molecule has 0 unspecified atom stereocenters. The number of benzene rings is 8. The van der Waals surface area contributed by atoms with Gasteiger partial charge in [0.1, 0.15) is 0 Å². The fourth-order valence-corrected chi connectivity index (χ4v) is 6.88. The van der Waals surface area contributed by atoms with E-state index in [4.69, 9.17) is 0 Å². The maximum Gasteiger partial charge on any atom is 0.0541 e. The molecule has 0 N–H and O–H groups in total. The zero-order valence-electron chi connectivity index (χ0n) is 30.7. The van der Waals surface area contributed by atoms with Crippen LogP contribution in [0.4, 0.5) is 34.1 Å². The molecule has 0 heterocycles. The Balaban J connectivity index is 1.21. The highest BCUT2D eigenvalue weighted by Crippen LogP contribution is 2.45. The lowest BCUT2D eigenvalue weighted by Gasteiger charge is -2.30. The molecule has 0 aliphatic heterocycles. The van der Waals surface area contributed by atoms with E-state index in [9.17, 15) is 0 Å². The summed E-state index contributed by atoms with van der Waals surface area (Å²) in [5, 5.41) is 2.34. The predicted molar refractivity (Wildman–Crippen MR) is 234 cm³/mol. The zero-order chi connectivity index (χ0) is 36.7. The Morgan fingerprint density at radius 3 is 0.889 bits per heavy atom. The van der Waals surface area contributed by atoms with E-state index in [0.717, 1.165) is 45.3 Å². The van der Waals surface area contributed by atoms with Crippen molar-refractivity contribution in [1.82, 2.24) is 0 Å². The highest BCUT2D eigenvalue weighted by Gasteiger charge is 2.20. The number of aryl methyl sites for hydroxylation is 2. The van der Waals surface area contributed by atoms with Crippen molar-refractivity contribution in [2.24, 2.45) is 0 Å². The minimum absolute atomic E-state index is 1.10. The number of anilines is 6. The lowest BCUT2D eigenvalue weighted by Crippen LogP contribution is -2.13. The van der Waals surface area contributed by atoms with Gasteiger partial charge in [-0.25, -0.2) is 0 Å². The highest BCUT2D eigenvalue weighted by atomic mass is 15.2. The van der Waals surface area contributed by atoms with E-state index in [1.54, 1.807) is 0 Å². The third kappa shape index (κ3) is 7.65. The normalized spacial score (nSPS) is 11.4. The molecule has 0 aliphatic rings. The second-order valence-electron chi connectivity index (χ2n) is 13.7. The maximum atomic E-state index is 2.38. The Labute approximate surface area is 319 Å². The van der Waals surface area contributed by atoms with Gasteiger partial charge in [-0.15, -0.1) is 0 Å². The first kappa shape index (κ1) is 34.2. The Morgan fingerprint density at radius 2 is 0.556 bits per heavy atom. The van der Waals surface area contributed by atoms with Crippen LogP contribution >= 0.6 is 0 Å². The molecule has 260 valence electrons. The molecule has 0 fully saturated rings. The van der Waals surface area contributed by atoms with Crippen LogP contribution in [0.15, 0.2) is 194 Å². The van der Waals surface area contributed by atoms with Gasteiger partial charge in [0.05, 0.1) is 11.4 Å². The van der Waals surface area contributed by atoms with Crippen molar-refractivity contribution in [2.75, 3.05) is 9.80 Å². The molecule has 0 amide bonds. The lowest BCUT2D eigenvalue weighted by atomic mass is 10.0. The second kappa shape index (κ2) is 15.8. The van der Waals surface area contributed by atoms with E-state index in [2.05, 4.69) is 230 Å². The molecule has 0 radical (unpaired) electrons. The number of nitrogens with zero attached hydrogens (tertiary/aromatic N) is 2. The van der Waals surface area contributed by atoms with Gasteiger partial charge in [-0.3, -0.25) is 0 Å². The topological polar surface area (TPSA) is 6.48 Å². The average molecular weight is 695 g/mol. The molecule has 0 aliphatic carbocycles. The molecule has 8 aromatic rings. The van der Waals surface area contributed by atoms with Crippen LogP contribution in [-0.2, 0) is 0 Å². The fraction of sp³-hybridized carbons (Fsp3) is 0.0385. The van der Waals surface area contributed by atoms with Gasteiger partial charge in [0.25, 0.3) is 0 Å². The van der Waals surface area contributed by atoms with Gasteiger partial charge in [0.2, 0.25) is 0 Å². The third-order valence-corrected chi connectivity index (χ3v) is 9.78. The van der Waals surface area contributed by atoms with Crippen molar-refractivity contribution in [2.45, 2.75) is 13.8 Å². The van der Waals surface area contributed by atoms with Crippen LogP contribution in [0.2, 0.25) is 0 Å². The SMILES string of the molecule is Cc1ccc(N(c2ccc(/C=C/c3ccccc3)cc2)c2ccc(N(c3ccc(C)cc3)c3ccc(/C=C/c4ccccc4)cc3)c3ccccc23)cc1. The van der Waals surface area contributed by atoms with E-state index < -0.39 is 0 Å². The molecule has 2 heteroatoms. The van der Waals surface area contributed by atoms with Gasteiger partial charge in [-0.1, -0.05) is 169 Å². The van der Waals surface area contributed by atoms with Crippen molar-refractivity contribution in [3.8, 4) is 0 Å². The highest BCUT2D eigenvalue weighted by molar-refractivity contribution is 6.07. The fourth-order valence-electron chi connectivity index (χ4n) is 6.88. The number of hydrogen-bond donors (Lipinski definition) is 0. The van der Waals surface area contributed by atoms with Gasteiger partial charge >= 0.3 is 0 Å². The van der Waals surface area contributed by atoms with Gasteiger partial charge in [0.15, 0.2) is 0 Å². The summed E-state index contributed by atoms with van der Waals surface area (Å²) in [5.41, 5.74) is 13.8. The van der Waals surface area contributed by atoms with Crippen LogP contribution in [0.1, 0.15) is 33.4 Å². The van der Waals surface area contributed by atoms with Crippen LogP contribution in [0.5, 0.6) is 0 Å². The average Bonchev–Trinajstić information content (AvgIpc) is 3.23. The van der Waals surface area contributed by atoms with Crippen LogP contribution in [0.25, 0.3) is 35.1 Å². The van der Waals surface area contributed by atoms with E-state index in [-0.39, 0.29) is 0 Å². The summed E-state index contributed by atoms with van der Waals surface area (Å²) in [6.07, 6.45) is 8.66. The minimum Gasteiger partial charge on any atom is -0.310 e. The van der Waals surface area contributed by atoms with Crippen LogP contribution in [-0.4, -0.2) is 0 Å². The summed E-state index contributed by atoms with van der Waals surface area (Å²) < 4.78 is 0. The Morgan fingerprint density at radius 1 is 0.278 bits per heavy atom. The molecule has 0 bridgehead atoms. The summed E-state index contributed by atoms with van der Waals surface area (Å²) in [4.78, 5) is 4.75. The molecule has 0 atom stereocenters. The number of rotatable bonds is 10. The molecule has 54 heavy (non-hydrogen) atoms. The number of hydrogen-bond acceptors (Lipinski definition) is 2. The van der Waals surface area contributed by atoms with E-state index >= 15 is 0 Å². The van der Waals surface area contributed by atoms with Crippen molar-refractivity contribution in [3.63, 3.8) is 0 Å². The first-order valence-electron chi connectivity index (χ1n) is 18.5. The molecule has 0 spiro atoms. The summed E-state index contributed by atoms with van der Waals surface area (Å²) in [6, 6.07) is 69.5. The molecular weight excluding hydrogens is 653 g/mol. The molecule has 0 aromatic heterocycles. The molecule has 0 saturated heterocycles. The largest absolute Gasteiger partial charge is 0.310 e. The quantitative estimate of drug-likeness (QED) is 0.132. The number of fused-ring (bicyclic) bond motifs is 1. The first-order valence-corrected chi connectivity index (χ1v) is 18.5. The maximum absolute atomic E-state index is 2.38. The molecule has 0 saturated carbocycles. The first-order chi connectivity index (χ1) is 26.6. The summed E-state index contributed by atoms with van der Waals surface area (Å²) in [7, 11) is 0. The Kier molecular flexibility index (Phi) is 9.99. The standard InChI is InChI=1S/C52H42N2/c1-39-17-29-45(30-18-39)53(47-33-25-43(26-34-47)23-21-41-11-5-3-6-12-41)51-37-38-52(50-16-10-9-15-49(50)51)54(46-31-19-40(2)20-32-46)48-35-27-44(28-36-48)24-22-42-13-7-4-8-14-42/h3-38H,1-2H3/b23-21+,24-22+. The van der Waals surface area contributed by atoms with Gasteiger partial charge < -0.3 is 9.80 Å². The van der Waals surface area contributed by atoms with Crippen LogP contribution in [0.3, 0.4) is 0 Å². The smallest absolute Gasteiger partial charge is 0.0541 e. The Bertz CT molecular complexity index is 2330. The molecule has 2 nitrogen and oxygen atoms in total. The molecule has 8 rings (SSSR count). The van der Waals surface area contributed by atoms with E-state index in [1.165, 1.54) is 33.0 Å². The van der Waals surface area contributed by atoms with Gasteiger partial charge in [-0.2, -0.15) is 0 Å². The summed E-state index contributed by atoms with van der Waals surface area (Å²) in [6.45, 7) is 4.27. The van der Waals surface area contributed by atoms with Gasteiger partial charge in [0, 0.05) is 33.5 Å². The second-order valence-corrected chi connectivity index (χ2v) is 13.7. The predicted octanol–water partition coefficient (Wildman–Crippen LogP) is 14.7. The lowest BCUT2D eigenvalue weighted by molar-refractivity contribution is 1.27. The van der Waals surface area contributed by atoms with Crippen LogP contribution < -0.4 is 9.80 Å². The molecule has 8 aromatic carbocycles. The summed E-state index contributed by atoms with van der Waals surface area (Å²) >= 11 is 0. The van der Waals surface area contributed by atoms with E-state index in [0.29, 0.717) is 0 Å². The third-order valence-electron chi connectivity index (χ3n) is 9.78. The van der Waals surface area contributed by atoms with Crippen LogP contribution in [0, 0.1) is 13.8 Å². The van der Waals surface area contributed by atoms with Crippen molar-refractivity contribution in [1.29, 1.82) is 0 Å². The summed E-state index contributed by atoms with van der Waals surface area (Å²) in [5.74, 6) is 0. The monoisotopic (exact) mass is 694 g/mol. The van der Waals surface area contributed by atoms with Gasteiger partial charge in [-0.05, 0) is 96.8 Å². The van der Waals surface area contributed by atoms with Crippen molar-refractivity contribution in [3.05, 3.63) is 228 Å². The Hall–Kier alpha value is -6.90. The van der Waals surface area contributed by atoms with E-state index in [1.807, 2.05) is 12.1 Å².